The first-order valence-corrected chi connectivity index (χ1v) is 10.3. The third-order valence-corrected chi connectivity index (χ3v) is 4.61. The summed E-state index contributed by atoms with van der Waals surface area (Å²) in [6, 6.07) is 4.30. The van der Waals surface area contributed by atoms with Crippen molar-refractivity contribution in [3.05, 3.63) is 24.2 Å². The maximum atomic E-state index is 11.9. The number of nitrogens with zero attached hydrogens (tertiary/aromatic N) is 2. The zero-order valence-electron chi connectivity index (χ0n) is 16.8. The van der Waals surface area contributed by atoms with Gasteiger partial charge in [0, 0.05) is 45.2 Å². The van der Waals surface area contributed by atoms with Crippen LogP contribution in [0.5, 0.6) is 0 Å². The van der Waals surface area contributed by atoms with E-state index in [-0.39, 0.29) is 5.91 Å². The standard InChI is InChI=1S/C20H35N5O2/c1-3-10-21-19(26)16-25-13-8-17(9-14-25)24-20(22-11-4-2)23-12-7-18-6-5-15-27-18/h5-6,15,17H,3-4,7-14,16H2,1-2H3,(H,21,26)(H2,22,23,24). The van der Waals surface area contributed by atoms with Crippen molar-refractivity contribution in [1.82, 2.24) is 20.9 Å². The van der Waals surface area contributed by atoms with Crippen LogP contribution in [0.25, 0.3) is 0 Å². The number of carbonyl (C=O) groups excluding carboxylic acids is 1. The second kappa shape index (κ2) is 12.4. The number of nitrogens with one attached hydrogen (secondary N) is 3. The summed E-state index contributed by atoms with van der Waals surface area (Å²) in [4.78, 5) is 18.7. The highest BCUT2D eigenvalue weighted by atomic mass is 16.3. The molecule has 1 fully saturated rings. The lowest BCUT2D eigenvalue weighted by atomic mass is 10.1. The lowest BCUT2D eigenvalue weighted by molar-refractivity contribution is -0.122. The molecule has 0 atom stereocenters. The molecule has 1 aromatic rings. The van der Waals surface area contributed by atoms with Crippen LogP contribution >= 0.6 is 0 Å². The molecule has 2 rings (SSSR count). The number of carbonyl (C=O) groups is 1. The maximum Gasteiger partial charge on any atom is 0.234 e. The topological polar surface area (TPSA) is 81.9 Å². The number of rotatable bonds is 10. The van der Waals surface area contributed by atoms with Crippen LogP contribution in [0.1, 0.15) is 45.3 Å². The predicted octanol–water partition coefficient (Wildman–Crippen LogP) is 1.76. The van der Waals surface area contributed by atoms with Gasteiger partial charge in [-0.05, 0) is 37.8 Å². The molecule has 0 spiro atoms. The van der Waals surface area contributed by atoms with Crippen molar-refractivity contribution in [3.63, 3.8) is 0 Å². The summed E-state index contributed by atoms with van der Waals surface area (Å²) in [5, 5.41) is 9.92. The van der Waals surface area contributed by atoms with E-state index in [4.69, 9.17) is 4.42 Å². The number of guanidine groups is 1. The van der Waals surface area contributed by atoms with Gasteiger partial charge in [-0.2, -0.15) is 0 Å². The molecule has 0 unspecified atom stereocenters. The van der Waals surface area contributed by atoms with E-state index in [9.17, 15) is 4.79 Å². The molecule has 7 heteroatoms. The molecule has 1 aliphatic rings. The van der Waals surface area contributed by atoms with E-state index in [0.717, 1.165) is 76.5 Å². The molecule has 1 saturated heterocycles. The largest absolute Gasteiger partial charge is 0.469 e. The van der Waals surface area contributed by atoms with E-state index in [2.05, 4.69) is 39.7 Å². The summed E-state index contributed by atoms with van der Waals surface area (Å²) in [5.41, 5.74) is 0. The van der Waals surface area contributed by atoms with E-state index in [0.29, 0.717) is 12.6 Å². The van der Waals surface area contributed by atoms with Crippen molar-refractivity contribution < 1.29 is 9.21 Å². The van der Waals surface area contributed by atoms with E-state index in [1.54, 1.807) is 6.26 Å². The van der Waals surface area contributed by atoms with Gasteiger partial charge in [-0.3, -0.25) is 14.7 Å². The number of hydrogen-bond acceptors (Lipinski definition) is 4. The van der Waals surface area contributed by atoms with Crippen LogP contribution in [0.2, 0.25) is 0 Å². The van der Waals surface area contributed by atoms with Gasteiger partial charge in [0.2, 0.25) is 5.91 Å². The minimum Gasteiger partial charge on any atom is -0.469 e. The van der Waals surface area contributed by atoms with Gasteiger partial charge >= 0.3 is 0 Å². The highest BCUT2D eigenvalue weighted by Gasteiger charge is 2.21. The van der Waals surface area contributed by atoms with Gasteiger partial charge in [0.05, 0.1) is 12.8 Å². The monoisotopic (exact) mass is 377 g/mol. The molecule has 27 heavy (non-hydrogen) atoms. The fourth-order valence-electron chi connectivity index (χ4n) is 3.09. The number of piperidine rings is 1. The van der Waals surface area contributed by atoms with Crippen LogP contribution in [0, 0.1) is 0 Å². The number of aliphatic imine (C=N–C) groups is 1. The summed E-state index contributed by atoms with van der Waals surface area (Å²) in [6.45, 7) is 8.94. The average molecular weight is 378 g/mol. The molecule has 0 aliphatic carbocycles. The van der Waals surface area contributed by atoms with Gasteiger partial charge < -0.3 is 20.4 Å². The highest BCUT2D eigenvalue weighted by Crippen LogP contribution is 2.10. The smallest absolute Gasteiger partial charge is 0.234 e. The van der Waals surface area contributed by atoms with Crippen molar-refractivity contribution in [2.45, 2.75) is 52.0 Å². The average Bonchev–Trinajstić information content (AvgIpc) is 3.19. The molecule has 0 bridgehead atoms. The maximum absolute atomic E-state index is 11.9. The summed E-state index contributed by atoms with van der Waals surface area (Å²) >= 11 is 0. The zero-order chi connectivity index (χ0) is 19.3. The summed E-state index contributed by atoms with van der Waals surface area (Å²) < 4.78 is 5.38. The van der Waals surface area contributed by atoms with Crippen LogP contribution in [0.15, 0.2) is 27.8 Å². The molecular formula is C20H35N5O2. The minimum atomic E-state index is 0.132. The van der Waals surface area contributed by atoms with E-state index < -0.39 is 0 Å². The van der Waals surface area contributed by atoms with E-state index >= 15 is 0 Å². The summed E-state index contributed by atoms with van der Waals surface area (Å²) in [6.07, 6.45) is 6.58. The Bertz CT molecular complexity index is 551. The molecule has 1 aliphatic heterocycles. The lowest BCUT2D eigenvalue weighted by Gasteiger charge is -2.32. The Kier molecular flexibility index (Phi) is 9.76. The van der Waals surface area contributed by atoms with E-state index in [1.807, 2.05) is 12.1 Å². The third-order valence-electron chi connectivity index (χ3n) is 4.61. The second-order valence-electron chi connectivity index (χ2n) is 7.03. The van der Waals surface area contributed by atoms with Crippen LogP contribution in [0.4, 0.5) is 0 Å². The molecule has 0 saturated carbocycles. The van der Waals surface area contributed by atoms with Crippen LogP contribution in [-0.2, 0) is 11.2 Å². The molecule has 3 N–H and O–H groups in total. The Hall–Kier alpha value is -2.02. The first-order chi connectivity index (χ1) is 13.2. The van der Waals surface area contributed by atoms with Crippen LogP contribution in [0.3, 0.4) is 0 Å². The Balaban J connectivity index is 1.71. The van der Waals surface area contributed by atoms with Crippen LogP contribution in [-0.4, -0.2) is 62.1 Å². The number of amides is 1. The van der Waals surface area contributed by atoms with Crippen molar-refractivity contribution in [1.29, 1.82) is 0 Å². The van der Waals surface area contributed by atoms with Gasteiger partial charge in [-0.25, -0.2) is 0 Å². The first kappa shape index (κ1) is 21.3. The third kappa shape index (κ3) is 8.47. The number of hydrogen-bond donors (Lipinski definition) is 3. The lowest BCUT2D eigenvalue weighted by Crippen LogP contribution is -2.50. The van der Waals surface area contributed by atoms with Crippen molar-refractivity contribution in [2.75, 3.05) is 39.3 Å². The number of likely N-dealkylation sites (tertiary alicyclic amines) is 1. The SMILES string of the molecule is CCCN=C(NCCc1ccco1)NC1CCN(CC(=O)NCCC)CC1. The van der Waals surface area contributed by atoms with Gasteiger partial charge in [0.15, 0.2) is 5.96 Å². The van der Waals surface area contributed by atoms with Crippen molar-refractivity contribution >= 4 is 11.9 Å². The molecule has 0 aromatic carbocycles. The zero-order valence-corrected chi connectivity index (χ0v) is 16.8. The normalized spacial score (nSPS) is 16.3. The van der Waals surface area contributed by atoms with Crippen molar-refractivity contribution in [2.24, 2.45) is 4.99 Å². The number of furan rings is 1. The molecule has 7 nitrogen and oxygen atoms in total. The Morgan fingerprint density at radius 1 is 1.22 bits per heavy atom. The van der Waals surface area contributed by atoms with Gasteiger partial charge in [0.25, 0.3) is 0 Å². The van der Waals surface area contributed by atoms with Gasteiger partial charge in [-0.15, -0.1) is 0 Å². The summed E-state index contributed by atoms with van der Waals surface area (Å²) in [7, 11) is 0. The molecule has 2 heterocycles. The second-order valence-corrected chi connectivity index (χ2v) is 7.03. The van der Waals surface area contributed by atoms with Crippen LogP contribution < -0.4 is 16.0 Å². The minimum absolute atomic E-state index is 0.132. The Labute approximate surface area is 163 Å². The molecule has 0 radical (unpaired) electrons. The highest BCUT2D eigenvalue weighted by molar-refractivity contribution is 5.80. The predicted molar refractivity (Wildman–Crippen MR) is 109 cm³/mol. The fourth-order valence-corrected chi connectivity index (χ4v) is 3.09. The Morgan fingerprint density at radius 2 is 2.04 bits per heavy atom. The molecule has 1 aromatic heterocycles. The van der Waals surface area contributed by atoms with E-state index in [1.165, 1.54) is 0 Å². The first-order valence-electron chi connectivity index (χ1n) is 10.3. The Morgan fingerprint density at radius 3 is 2.70 bits per heavy atom. The fraction of sp³-hybridized carbons (Fsp3) is 0.700. The summed E-state index contributed by atoms with van der Waals surface area (Å²) in [5.74, 6) is 1.99. The molecule has 1 amide bonds. The van der Waals surface area contributed by atoms with Crippen molar-refractivity contribution in [3.8, 4) is 0 Å². The molecular weight excluding hydrogens is 342 g/mol. The van der Waals surface area contributed by atoms with Gasteiger partial charge in [-0.1, -0.05) is 13.8 Å². The quantitative estimate of drug-likeness (QED) is 0.428. The van der Waals surface area contributed by atoms with Gasteiger partial charge in [0.1, 0.15) is 5.76 Å². The molecule has 152 valence electrons.